The third-order valence-electron chi connectivity index (χ3n) is 2.14. The molecule has 0 aliphatic carbocycles. The molecule has 0 fully saturated rings. The summed E-state index contributed by atoms with van der Waals surface area (Å²) in [7, 11) is 1.22. The van der Waals surface area contributed by atoms with E-state index in [4.69, 9.17) is 5.73 Å². The van der Waals surface area contributed by atoms with E-state index in [1.165, 1.54) is 7.11 Å². The maximum absolute atomic E-state index is 12.7. The number of ether oxygens (including phenoxy) is 1. The van der Waals surface area contributed by atoms with Crippen LogP contribution in [0.25, 0.3) is 0 Å². The number of halogens is 3. The van der Waals surface area contributed by atoms with Crippen LogP contribution in [-0.4, -0.2) is 18.1 Å². The monoisotopic (exact) mass is 308 g/mol. The number of hydrogen-bond donors (Lipinski definition) is 1. The van der Waals surface area contributed by atoms with Crippen molar-refractivity contribution >= 4 is 27.6 Å². The lowest BCUT2D eigenvalue weighted by Crippen LogP contribution is -2.10. The van der Waals surface area contributed by atoms with E-state index in [-0.39, 0.29) is 28.7 Å². The molecular weight excluding hydrogens is 298 g/mol. The van der Waals surface area contributed by atoms with Gasteiger partial charge in [-0.2, -0.15) is 0 Å². The van der Waals surface area contributed by atoms with Crippen LogP contribution in [0.1, 0.15) is 23.4 Å². The van der Waals surface area contributed by atoms with Crippen molar-refractivity contribution in [3.8, 4) is 0 Å². The molecule has 2 N–H and O–H groups in total. The first kappa shape index (κ1) is 13.8. The fraction of sp³-hybridized carbons (Fsp3) is 0.400. The van der Waals surface area contributed by atoms with Crippen LogP contribution in [-0.2, 0) is 21.3 Å². The third-order valence-corrected chi connectivity index (χ3v) is 2.67. The largest absolute Gasteiger partial charge is 0.469 e. The first-order valence-corrected chi connectivity index (χ1v) is 5.80. The number of carbonyl (C=O) groups is 1. The summed E-state index contributed by atoms with van der Waals surface area (Å²) in [4.78, 5) is 15.1. The Hall–Kier alpha value is -1.24. The lowest BCUT2D eigenvalue weighted by molar-refractivity contribution is -0.139. The van der Waals surface area contributed by atoms with Crippen LogP contribution in [0, 0.1) is 0 Å². The van der Waals surface area contributed by atoms with Gasteiger partial charge in [-0.05, 0) is 6.07 Å². The highest BCUT2D eigenvalue weighted by atomic mass is 79.9. The molecule has 1 rings (SSSR count). The summed E-state index contributed by atoms with van der Waals surface area (Å²) >= 11 is 3.11. The van der Waals surface area contributed by atoms with Gasteiger partial charge in [0.05, 0.1) is 30.6 Å². The van der Waals surface area contributed by atoms with Crippen LogP contribution >= 0.6 is 15.9 Å². The minimum Gasteiger partial charge on any atom is -0.469 e. The third kappa shape index (κ3) is 3.36. The predicted octanol–water partition coefficient (Wildman–Crippen LogP) is 2.21. The second-order valence-electron chi connectivity index (χ2n) is 3.25. The normalized spacial score (nSPS) is 10.6. The SMILES string of the molecule is COC(=O)Cc1cc(C(F)F)c(N)c(CBr)n1. The molecule has 0 unspecified atom stereocenters. The van der Waals surface area contributed by atoms with Crippen molar-refractivity contribution in [3.05, 3.63) is 23.0 Å². The van der Waals surface area contributed by atoms with Crippen molar-refractivity contribution < 1.29 is 18.3 Å². The molecule has 4 nitrogen and oxygen atoms in total. The van der Waals surface area contributed by atoms with Crippen molar-refractivity contribution in [2.45, 2.75) is 18.2 Å². The van der Waals surface area contributed by atoms with Crippen LogP contribution in [0.2, 0.25) is 0 Å². The lowest BCUT2D eigenvalue weighted by Gasteiger charge is -2.10. The molecule has 0 atom stereocenters. The number of nitrogens with zero attached hydrogens (tertiary/aromatic N) is 1. The van der Waals surface area contributed by atoms with E-state index in [0.717, 1.165) is 6.07 Å². The molecule has 0 saturated carbocycles. The Morgan fingerprint density at radius 2 is 2.29 bits per heavy atom. The van der Waals surface area contributed by atoms with Crippen LogP contribution in [0.3, 0.4) is 0 Å². The molecule has 0 aliphatic rings. The topological polar surface area (TPSA) is 65.2 Å². The summed E-state index contributed by atoms with van der Waals surface area (Å²) < 4.78 is 29.9. The molecule has 0 aliphatic heterocycles. The molecule has 0 saturated heterocycles. The Morgan fingerprint density at radius 3 is 2.76 bits per heavy atom. The maximum Gasteiger partial charge on any atom is 0.311 e. The summed E-state index contributed by atoms with van der Waals surface area (Å²) in [5, 5.41) is 0.244. The highest BCUT2D eigenvalue weighted by molar-refractivity contribution is 9.08. The molecular formula is C10H11BrF2N2O2. The summed E-state index contributed by atoms with van der Waals surface area (Å²) in [6, 6.07) is 1.13. The van der Waals surface area contributed by atoms with Gasteiger partial charge in [0.25, 0.3) is 6.43 Å². The number of alkyl halides is 3. The number of nitrogen functional groups attached to an aromatic ring is 1. The number of methoxy groups -OCH3 is 1. The number of esters is 1. The van der Waals surface area contributed by atoms with Gasteiger partial charge in [0, 0.05) is 10.9 Å². The minimum atomic E-state index is -2.70. The van der Waals surface area contributed by atoms with Crippen molar-refractivity contribution in [2.24, 2.45) is 0 Å². The number of carbonyl (C=O) groups excluding carboxylic acids is 1. The van der Waals surface area contributed by atoms with Gasteiger partial charge in [0.2, 0.25) is 0 Å². The molecule has 7 heteroatoms. The van der Waals surface area contributed by atoms with E-state index >= 15 is 0 Å². The maximum atomic E-state index is 12.7. The minimum absolute atomic E-state index is 0.0505. The lowest BCUT2D eigenvalue weighted by atomic mass is 10.1. The van der Waals surface area contributed by atoms with Crippen molar-refractivity contribution in [1.82, 2.24) is 4.98 Å². The van der Waals surface area contributed by atoms with Crippen LogP contribution in [0.15, 0.2) is 6.07 Å². The average Bonchev–Trinajstić information content (AvgIpc) is 2.30. The molecule has 1 heterocycles. The Balaban J connectivity index is 3.15. The molecule has 0 radical (unpaired) electrons. The average molecular weight is 309 g/mol. The number of pyridine rings is 1. The molecule has 17 heavy (non-hydrogen) atoms. The van der Waals surface area contributed by atoms with E-state index in [2.05, 4.69) is 25.7 Å². The predicted molar refractivity (Wildman–Crippen MR) is 62.0 cm³/mol. The smallest absolute Gasteiger partial charge is 0.311 e. The van der Waals surface area contributed by atoms with Gasteiger partial charge in [0.1, 0.15) is 0 Å². The second-order valence-corrected chi connectivity index (χ2v) is 3.81. The number of anilines is 1. The van der Waals surface area contributed by atoms with Gasteiger partial charge in [0.15, 0.2) is 0 Å². The first-order valence-electron chi connectivity index (χ1n) is 4.68. The van der Waals surface area contributed by atoms with E-state index in [1.54, 1.807) is 0 Å². The quantitative estimate of drug-likeness (QED) is 0.684. The highest BCUT2D eigenvalue weighted by Crippen LogP contribution is 2.28. The van der Waals surface area contributed by atoms with E-state index in [9.17, 15) is 13.6 Å². The molecule has 94 valence electrons. The van der Waals surface area contributed by atoms with Gasteiger partial charge < -0.3 is 10.5 Å². The van der Waals surface area contributed by atoms with Gasteiger partial charge in [-0.1, -0.05) is 15.9 Å². The number of hydrogen-bond acceptors (Lipinski definition) is 4. The van der Waals surface area contributed by atoms with E-state index < -0.39 is 12.4 Å². The molecule has 0 bridgehead atoms. The number of aromatic nitrogens is 1. The molecule has 0 amide bonds. The number of rotatable bonds is 4. The first-order chi connectivity index (χ1) is 7.99. The highest BCUT2D eigenvalue weighted by Gasteiger charge is 2.18. The van der Waals surface area contributed by atoms with Crippen molar-refractivity contribution in [1.29, 1.82) is 0 Å². The molecule has 0 aromatic carbocycles. The van der Waals surface area contributed by atoms with Gasteiger partial charge >= 0.3 is 5.97 Å². The Morgan fingerprint density at radius 1 is 1.65 bits per heavy atom. The Labute approximate surface area is 105 Å². The van der Waals surface area contributed by atoms with Crippen LogP contribution < -0.4 is 5.73 Å². The summed E-state index contributed by atoms with van der Waals surface area (Å²) in [6.07, 6.45) is -2.86. The van der Waals surface area contributed by atoms with E-state index in [1.807, 2.05) is 0 Å². The second kappa shape index (κ2) is 5.90. The van der Waals surface area contributed by atoms with Gasteiger partial charge in [-0.15, -0.1) is 0 Å². The molecule has 0 spiro atoms. The zero-order chi connectivity index (χ0) is 13.0. The van der Waals surface area contributed by atoms with Crippen LogP contribution in [0.5, 0.6) is 0 Å². The number of nitrogens with two attached hydrogens (primary N) is 1. The Kier molecular flexibility index (Phi) is 4.80. The summed E-state index contributed by atoms with van der Waals surface area (Å²) in [5.41, 5.74) is 5.69. The Bertz CT molecular complexity index is 427. The zero-order valence-electron chi connectivity index (χ0n) is 9.04. The summed E-state index contributed by atoms with van der Waals surface area (Å²) in [5.74, 6) is -0.539. The summed E-state index contributed by atoms with van der Waals surface area (Å²) in [6.45, 7) is 0. The van der Waals surface area contributed by atoms with Crippen LogP contribution in [0.4, 0.5) is 14.5 Å². The van der Waals surface area contributed by atoms with Crippen molar-refractivity contribution in [2.75, 3.05) is 12.8 Å². The van der Waals surface area contributed by atoms with E-state index in [0.29, 0.717) is 5.69 Å². The van der Waals surface area contributed by atoms with Gasteiger partial charge in [-0.3, -0.25) is 9.78 Å². The fourth-order valence-corrected chi connectivity index (χ4v) is 1.71. The van der Waals surface area contributed by atoms with Crippen molar-refractivity contribution in [3.63, 3.8) is 0 Å². The molecule has 1 aromatic heterocycles. The zero-order valence-corrected chi connectivity index (χ0v) is 10.6. The van der Waals surface area contributed by atoms with Gasteiger partial charge in [-0.25, -0.2) is 8.78 Å². The fourth-order valence-electron chi connectivity index (χ4n) is 1.28. The standard InChI is InChI=1S/C10H11BrF2N2O2/c1-17-8(16)3-5-2-6(10(12)13)9(14)7(4-11)15-5/h2,10H,3-4,14H2,1H3. The molecule has 1 aromatic rings.